The molecule has 6 nitrogen and oxygen atoms in total. The predicted octanol–water partition coefficient (Wildman–Crippen LogP) is 2.25. The van der Waals surface area contributed by atoms with E-state index in [1.54, 1.807) is 18.2 Å². The highest BCUT2D eigenvalue weighted by Gasteiger charge is 2.16. The number of amides is 1. The van der Waals surface area contributed by atoms with Gasteiger partial charge < -0.3 is 15.6 Å². The molecule has 0 spiro atoms. The number of fused-ring (bicyclic) bond motifs is 1. The first kappa shape index (κ1) is 12.9. The van der Waals surface area contributed by atoms with E-state index in [1.807, 2.05) is 6.92 Å². The normalized spacial score (nSPS) is 10.5. The third-order valence-electron chi connectivity index (χ3n) is 2.99. The number of anilines is 2. The fourth-order valence-electron chi connectivity index (χ4n) is 1.83. The van der Waals surface area contributed by atoms with E-state index in [2.05, 4.69) is 4.98 Å². The Bertz CT molecular complexity index is 655. The molecule has 0 fully saturated rings. The molecule has 0 saturated carbocycles. The van der Waals surface area contributed by atoms with E-state index in [0.717, 1.165) is 16.0 Å². The third kappa shape index (κ3) is 2.24. The molecule has 1 aromatic heterocycles. The Morgan fingerprint density at radius 3 is 2.68 bits per heavy atom. The Morgan fingerprint density at radius 2 is 2.11 bits per heavy atom. The molecular formula is C13H15N3O3. The van der Waals surface area contributed by atoms with E-state index in [9.17, 15) is 4.79 Å². The molecule has 19 heavy (non-hydrogen) atoms. The van der Waals surface area contributed by atoms with Crippen molar-refractivity contribution >= 4 is 28.4 Å². The van der Waals surface area contributed by atoms with Crippen LogP contribution in [0, 0.1) is 6.92 Å². The van der Waals surface area contributed by atoms with Crippen molar-refractivity contribution in [2.75, 3.05) is 24.8 Å². The zero-order chi connectivity index (χ0) is 14.2. The lowest BCUT2D eigenvalue weighted by Gasteiger charge is -2.17. The van der Waals surface area contributed by atoms with Crippen molar-refractivity contribution in [3.63, 3.8) is 0 Å². The summed E-state index contributed by atoms with van der Waals surface area (Å²) in [6.07, 6.45) is -1.06. The van der Waals surface area contributed by atoms with Crippen LogP contribution in [0.25, 0.3) is 10.9 Å². The number of benzene rings is 1. The van der Waals surface area contributed by atoms with Crippen molar-refractivity contribution in [3.05, 3.63) is 23.9 Å². The van der Waals surface area contributed by atoms with Gasteiger partial charge in [0.2, 0.25) is 0 Å². The largest absolute Gasteiger partial charge is 0.494 e. The smallest absolute Gasteiger partial charge is 0.411 e. The Kier molecular flexibility index (Phi) is 3.16. The number of carbonyl (C=O) groups is 1. The minimum Gasteiger partial charge on any atom is -0.494 e. The first-order chi connectivity index (χ1) is 8.93. The lowest BCUT2D eigenvalue weighted by atomic mass is 10.1. The molecule has 0 unspecified atom stereocenters. The molecule has 1 heterocycles. The average molecular weight is 261 g/mol. The molecule has 2 rings (SSSR count). The maximum Gasteiger partial charge on any atom is 0.411 e. The average Bonchev–Trinajstić information content (AvgIpc) is 2.37. The van der Waals surface area contributed by atoms with Gasteiger partial charge in [0.15, 0.2) is 0 Å². The fraction of sp³-hybridized carbons (Fsp3) is 0.231. The number of hydrogen-bond donors (Lipinski definition) is 2. The molecule has 0 bridgehead atoms. The van der Waals surface area contributed by atoms with Gasteiger partial charge in [-0.15, -0.1) is 0 Å². The van der Waals surface area contributed by atoms with Gasteiger partial charge in [-0.1, -0.05) is 0 Å². The van der Waals surface area contributed by atoms with Crippen LogP contribution in [0.15, 0.2) is 18.2 Å². The summed E-state index contributed by atoms with van der Waals surface area (Å²) in [5.74, 6) is 0.453. The van der Waals surface area contributed by atoms with Gasteiger partial charge in [0.25, 0.3) is 0 Å². The Labute approximate surface area is 110 Å². The molecule has 6 heteroatoms. The summed E-state index contributed by atoms with van der Waals surface area (Å²) in [5.41, 5.74) is 8.29. The second kappa shape index (κ2) is 4.64. The van der Waals surface area contributed by atoms with Crippen LogP contribution in [0.5, 0.6) is 5.75 Å². The van der Waals surface area contributed by atoms with Crippen LogP contribution in [-0.2, 0) is 0 Å². The molecule has 0 aliphatic rings. The van der Waals surface area contributed by atoms with Gasteiger partial charge in [-0.05, 0) is 19.1 Å². The maximum atomic E-state index is 11.1. The van der Waals surface area contributed by atoms with Gasteiger partial charge in [-0.3, -0.25) is 9.88 Å². The molecule has 0 aliphatic carbocycles. The molecule has 1 aromatic carbocycles. The number of carboxylic acid groups (broad SMARTS) is 1. The van der Waals surface area contributed by atoms with Crippen molar-refractivity contribution in [1.82, 2.24) is 4.98 Å². The summed E-state index contributed by atoms with van der Waals surface area (Å²) in [5, 5.41) is 9.83. The second-order valence-corrected chi connectivity index (χ2v) is 4.22. The topological polar surface area (TPSA) is 88.7 Å². The maximum absolute atomic E-state index is 11.1. The van der Waals surface area contributed by atoms with Gasteiger partial charge in [0.1, 0.15) is 5.75 Å². The number of methoxy groups -OCH3 is 1. The van der Waals surface area contributed by atoms with Crippen molar-refractivity contribution in [1.29, 1.82) is 0 Å². The third-order valence-corrected chi connectivity index (χ3v) is 2.99. The summed E-state index contributed by atoms with van der Waals surface area (Å²) in [6.45, 7) is 1.82. The minimum atomic E-state index is -1.06. The molecule has 2 aromatic rings. The zero-order valence-electron chi connectivity index (χ0n) is 11.0. The Hall–Kier alpha value is -2.50. The van der Waals surface area contributed by atoms with Gasteiger partial charge in [0.05, 0.1) is 29.7 Å². The van der Waals surface area contributed by atoms with Crippen LogP contribution in [0.2, 0.25) is 0 Å². The van der Waals surface area contributed by atoms with Crippen LogP contribution in [0.1, 0.15) is 5.69 Å². The Morgan fingerprint density at radius 1 is 1.42 bits per heavy atom. The summed E-state index contributed by atoms with van der Waals surface area (Å²) >= 11 is 0. The number of rotatable bonds is 2. The molecular weight excluding hydrogens is 246 g/mol. The standard InChI is InChI=1S/C13H15N3O3/c1-7-9(14)4-8-5-11(16(2)13(17)18)12(19-3)6-10(8)15-7/h4-6H,14H2,1-3H3,(H,17,18). The molecule has 0 atom stereocenters. The summed E-state index contributed by atoms with van der Waals surface area (Å²) < 4.78 is 5.22. The van der Waals surface area contributed by atoms with Crippen LogP contribution < -0.4 is 15.4 Å². The highest BCUT2D eigenvalue weighted by molar-refractivity contribution is 5.94. The van der Waals surface area contributed by atoms with Gasteiger partial charge in [0, 0.05) is 18.5 Å². The number of nitrogens with two attached hydrogens (primary N) is 1. The quantitative estimate of drug-likeness (QED) is 0.865. The number of nitrogen functional groups attached to an aromatic ring is 1. The van der Waals surface area contributed by atoms with Crippen molar-refractivity contribution in [3.8, 4) is 5.75 Å². The number of aryl methyl sites for hydroxylation is 1. The Balaban J connectivity index is 2.70. The van der Waals surface area contributed by atoms with Crippen LogP contribution >= 0.6 is 0 Å². The number of nitrogens with zero attached hydrogens (tertiary/aromatic N) is 2. The first-order valence-corrected chi connectivity index (χ1v) is 5.65. The second-order valence-electron chi connectivity index (χ2n) is 4.22. The molecule has 0 radical (unpaired) electrons. The van der Waals surface area contributed by atoms with E-state index in [1.165, 1.54) is 14.2 Å². The van der Waals surface area contributed by atoms with Crippen LogP contribution in [-0.4, -0.2) is 30.3 Å². The molecule has 1 amide bonds. The van der Waals surface area contributed by atoms with E-state index >= 15 is 0 Å². The number of pyridine rings is 1. The van der Waals surface area contributed by atoms with E-state index in [4.69, 9.17) is 15.6 Å². The SMILES string of the molecule is COc1cc2nc(C)c(N)cc2cc1N(C)C(=O)O. The van der Waals surface area contributed by atoms with Crippen LogP contribution in [0.4, 0.5) is 16.2 Å². The van der Waals surface area contributed by atoms with E-state index in [-0.39, 0.29) is 0 Å². The zero-order valence-corrected chi connectivity index (χ0v) is 11.0. The highest BCUT2D eigenvalue weighted by atomic mass is 16.5. The summed E-state index contributed by atoms with van der Waals surface area (Å²) in [6, 6.07) is 5.18. The number of hydrogen-bond acceptors (Lipinski definition) is 4. The number of ether oxygens (including phenoxy) is 1. The lowest BCUT2D eigenvalue weighted by molar-refractivity contribution is 0.203. The summed E-state index contributed by atoms with van der Waals surface area (Å²) in [7, 11) is 2.95. The van der Waals surface area contributed by atoms with E-state index in [0.29, 0.717) is 22.6 Å². The molecule has 0 aliphatic heterocycles. The van der Waals surface area contributed by atoms with Crippen LogP contribution in [0.3, 0.4) is 0 Å². The molecule has 100 valence electrons. The lowest BCUT2D eigenvalue weighted by Crippen LogP contribution is -2.24. The van der Waals surface area contributed by atoms with Crippen molar-refractivity contribution < 1.29 is 14.6 Å². The summed E-state index contributed by atoms with van der Waals surface area (Å²) in [4.78, 5) is 16.5. The van der Waals surface area contributed by atoms with Gasteiger partial charge in [-0.2, -0.15) is 0 Å². The number of aromatic nitrogens is 1. The van der Waals surface area contributed by atoms with Gasteiger partial charge >= 0.3 is 6.09 Å². The first-order valence-electron chi connectivity index (χ1n) is 5.65. The van der Waals surface area contributed by atoms with Gasteiger partial charge in [-0.25, -0.2) is 4.79 Å². The fourth-order valence-corrected chi connectivity index (χ4v) is 1.83. The highest BCUT2D eigenvalue weighted by Crippen LogP contribution is 2.33. The van der Waals surface area contributed by atoms with E-state index < -0.39 is 6.09 Å². The van der Waals surface area contributed by atoms with Crippen molar-refractivity contribution in [2.45, 2.75) is 6.92 Å². The molecule has 0 saturated heterocycles. The monoisotopic (exact) mass is 261 g/mol. The minimum absolute atomic E-state index is 0.451. The van der Waals surface area contributed by atoms with Crippen molar-refractivity contribution in [2.24, 2.45) is 0 Å². The predicted molar refractivity (Wildman–Crippen MR) is 73.9 cm³/mol. The molecule has 3 N–H and O–H groups in total.